The summed E-state index contributed by atoms with van der Waals surface area (Å²) in [5, 5.41) is 13.8. The fourth-order valence-electron chi connectivity index (χ4n) is 2.21. The van der Waals surface area contributed by atoms with Gasteiger partial charge >= 0.3 is 0 Å². The molecular formula is C18H14N4O3S. The van der Waals surface area contributed by atoms with Crippen molar-refractivity contribution in [2.24, 2.45) is 0 Å². The van der Waals surface area contributed by atoms with Crippen molar-refractivity contribution >= 4 is 34.1 Å². The van der Waals surface area contributed by atoms with Gasteiger partial charge in [0.25, 0.3) is 5.69 Å². The van der Waals surface area contributed by atoms with Gasteiger partial charge in [0.05, 0.1) is 21.2 Å². The normalized spacial score (nSPS) is 10.8. The third kappa shape index (κ3) is 4.17. The molecule has 0 aliphatic heterocycles. The zero-order valence-corrected chi connectivity index (χ0v) is 14.6. The van der Waals surface area contributed by atoms with Crippen molar-refractivity contribution in [3.05, 3.63) is 76.1 Å². The van der Waals surface area contributed by atoms with Crippen LogP contribution in [0.25, 0.3) is 16.6 Å². The number of nitrogens with one attached hydrogen (secondary N) is 1. The monoisotopic (exact) mass is 366 g/mol. The maximum Gasteiger partial charge on any atom is 0.269 e. The van der Waals surface area contributed by atoms with E-state index in [9.17, 15) is 14.9 Å². The highest BCUT2D eigenvalue weighted by molar-refractivity contribution is 7.19. The molecule has 0 spiro atoms. The molecule has 0 saturated carbocycles. The molecule has 0 atom stereocenters. The first kappa shape index (κ1) is 17.4. The first-order valence-corrected chi connectivity index (χ1v) is 8.47. The second-order valence-electron chi connectivity index (χ2n) is 5.32. The van der Waals surface area contributed by atoms with Crippen LogP contribution in [0.2, 0.25) is 0 Å². The van der Waals surface area contributed by atoms with Crippen LogP contribution < -0.4 is 5.32 Å². The summed E-state index contributed by atoms with van der Waals surface area (Å²) in [6.07, 6.45) is 4.65. The zero-order valence-electron chi connectivity index (χ0n) is 13.7. The lowest BCUT2D eigenvalue weighted by Crippen LogP contribution is -2.07. The summed E-state index contributed by atoms with van der Waals surface area (Å²) < 4.78 is 0. The largest absolute Gasteiger partial charge is 0.298 e. The minimum Gasteiger partial charge on any atom is -0.298 e. The molecular weight excluding hydrogens is 352 g/mol. The molecule has 130 valence electrons. The Morgan fingerprint density at radius 2 is 2.00 bits per heavy atom. The molecule has 2 heterocycles. The molecule has 3 rings (SSSR count). The predicted octanol–water partition coefficient (Wildman–Crippen LogP) is 4.07. The predicted molar refractivity (Wildman–Crippen MR) is 101 cm³/mol. The summed E-state index contributed by atoms with van der Waals surface area (Å²) in [6.45, 7) is 1.86. The first-order valence-electron chi connectivity index (χ1n) is 7.65. The Morgan fingerprint density at radius 1 is 1.23 bits per heavy atom. The van der Waals surface area contributed by atoms with Crippen LogP contribution in [0.1, 0.15) is 11.3 Å². The topological polar surface area (TPSA) is 98.0 Å². The van der Waals surface area contributed by atoms with Crippen molar-refractivity contribution in [2.45, 2.75) is 6.92 Å². The summed E-state index contributed by atoms with van der Waals surface area (Å²) in [6, 6.07) is 11.6. The van der Waals surface area contributed by atoms with Gasteiger partial charge in [-0.25, -0.2) is 4.98 Å². The molecule has 1 aromatic carbocycles. The van der Waals surface area contributed by atoms with E-state index in [1.54, 1.807) is 24.4 Å². The molecule has 0 aliphatic carbocycles. The number of non-ortho nitro benzene ring substituents is 1. The number of amides is 1. The molecule has 8 heteroatoms. The lowest BCUT2D eigenvalue weighted by atomic mass is 10.2. The molecule has 0 bridgehead atoms. The van der Waals surface area contributed by atoms with Gasteiger partial charge in [-0.05, 0) is 42.8 Å². The minimum absolute atomic E-state index is 0.00640. The molecule has 1 amide bonds. The summed E-state index contributed by atoms with van der Waals surface area (Å²) >= 11 is 1.35. The molecule has 3 aromatic rings. The number of pyridine rings is 1. The number of aromatic nitrogens is 2. The van der Waals surface area contributed by atoms with Crippen molar-refractivity contribution in [3.63, 3.8) is 0 Å². The molecule has 0 aliphatic rings. The van der Waals surface area contributed by atoms with Crippen LogP contribution in [0, 0.1) is 17.0 Å². The van der Waals surface area contributed by atoms with Gasteiger partial charge in [-0.15, -0.1) is 0 Å². The van der Waals surface area contributed by atoms with Crippen molar-refractivity contribution in [1.29, 1.82) is 0 Å². The van der Waals surface area contributed by atoms with Crippen LogP contribution >= 0.6 is 11.3 Å². The highest BCUT2D eigenvalue weighted by Gasteiger charge is 2.11. The minimum atomic E-state index is -0.468. The van der Waals surface area contributed by atoms with E-state index < -0.39 is 4.92 Å². The van der Waals surface area contributed by atoms with Crippen LogP contribution in [0.5, 0.6) is 0 Å². The molecule has 26 heavy (non-hydrogen) atoms. The summed E-state index contributed by atoms with van der Waals surface area (Å²) in [5.41, 5.74) is 2.30. The average molecular weight is 366 g/mol. The van der Waals surface area contributed by atoms with Gasteiger partial charge in [0.1, 0.15) is 0 Å². The van der Waals surface area contributed by atoms with E-state index in [1.165, 1.54) is 29.5 Å². The van der Waals surface area contributed by atoms with Crippen molar-refractivity contribution in [3.8, 4) is 10.6 Å². The van der Waals surface area contributed by atoms with E-state index in [4.69, 9.17) is 0 Å². The summed E-state index contributed by atoms with van der Waals surface area (Å²) in [7, 11) is 0. The number of aryl methyl sites for hydroxylation is 1. The lowest BCUT2D eigenvalue weighted by Gasteiger charge is -1.97. The fourth-order valence-corrected chi connectivity index (χ4v) is 3.16. The van der Waals surface area contributed by atoms with Crippen LogP contribution in [0.3, 0.4) is 0 Å². The first-order chi connectivity index (χ1) is 12.5. The van der Waals surface area contributed by atoms with Crippen molar-refractivity contribution in [1.82, 2.24) is 9.97 Å². The van der Waals surface area contributed by atoms with Gasteiger partial charge < -0.3 is 0 Å². The molecule has 0 unspecified atom stereocenters. The number of benzene rings is 1. The Bertz CT molecular complexity index is 966. The number of nitro benzene ring substituents is 1. The number of nitrogens with zero attached hydrogens (tertiary/aromatic N) is 3. The SMILES string of the molecule is Cc1nc(NC(=O)/C=C/c2ccc([N+](=O)[O-])cc2)sc1-c1ccccn1. The number of hydrogen-bond donors (Lipinski definition) is 1. The van der Waals surface area contributed by atoms with E-state index >= 15 is 0 Å². The Hall–Kier alpha value is -3.39. The van der Waals surface area contributed by atoms with Gasteiger partial charge in [-0.2, -0.15) is 0 Å². The van der Waals surface area contributed by atoms with Gasteiger partial charge in [-0.1, -0.05) is 17.4 Å². The number of carbonyl (C=O) groups is 1. The Balaban J connectivity index is 1.67. The van der Waals surface area contributed by atoms with E-state index in [0.717, 1.165) is 16.3 Å². The second kappa shape index (κ2) is 7.66. The van der Waals surface area contributed by atoms with Crippen LogP contribution in [-0.2, 0) is 4.79 Å². The van der Waals surface area contributed by atoms with E-state index in [1.807, 2.05) is 25.1 Å². The van der Waals surface area contributed by atoms with Crippen LogP contribution in [-0.4, -0.2) is 20.8 Å². The summed E-state index contributed by atoms with van der Waals surface area (Å²) in [5.74, 6) is -0.329. The average Bonchev–Trinajstić information content (AvgIpc) is 3.01. The lowest BCUT2D eigenvalue weighted by molar-refractivity contribution is -0.384. The number of hydrogen-bond acceptors (Lipinski definition) is 6. The smallest absolute Gasteiger partial charge is 0.269 e. The number of carbonyl (C=O) groups excluding carboxylic acids is 1. The maximum atomic E-state index is 12.1. The molecule has 0 fully saturated rings. The highest BCUT2D eigenvalue weighted by Crippen LogP contribution is 2.31. The summed E-state index contributed by atoms with van der Waals surface area (Å²) in [4.78, 5) is 31.8. The Kier molecular flexibility index (Phi) is 5.14. The third-order valence-electron chi connectivity index (χ3n) is 3.46. The Labute approximate surface area is 153 Å². The maximum absolute atomic E-state index is 12.1. The number of thiazole rings is 1. The molecule has 1 N–H and O–H groups in total. The standard InChI is InChI=1S/C18H14N4O3S/c1-12-17(15-4-2-3-11-19-15)26-18(20-12)21-16(23)10-7-13-5-8-14(9-6-13)22(24)25/h2-11H,1H3,(H,20,21,23)/b10-7+. The van der Waals surface area contributed by atoms with Crippen molar-refractivity contribution in [2.75, 3.05) is 5.32 Å². The van der Waals surface area contributed by atoms with E-state index in [2.05, 4.69) is 15.3 Å². The third-order valence-corrected chi connectivity index (χ3v) is 4.55. The fraction of sp³-hybridized carbons (Fsp3) is 0.0556. The molecule has 0 radical (unpaired) electrons. The molecule has 0 saturated heterocycles. The van der Waals surface area contributed by atoms with Crippen LogP contribution in [0.15, 0.2) is 54.7 Å². The number of anilines is 1. The second-order valence-corrected chi connectivity index (χ2v) is 6.32. The quantitative estimate of drug-likeness (QED) is 0.417. The van der Waals surface area contributed by atoms with E-state index in [-0.39, 0.29) is 11.6 Å². The van der Waals surface area contributed by atoms with Crippen molar-refractivity contribution < 1.29 is 9.72 Å². The van der Waals surface area contributed by atoms with E-state index in [0.29, 0.717) is 10.7 Å². The van der Waals surface area contributed by atoms with Gasteiger partial charge in [0.15, 0.2) is 5.13 Å². The number of nitro groups is 1. The number of rotatable bonds is 5. The van der Waals surface area contributed by atoms with Crippen LogP contribution in [0.4, 0.5) is 10.8 Å². The zero-order chi connectivity index (χ0) is 18.5. The van der Waals surface area contributed by atoms with Gasteiger partial charge in [0.2, 0.25) is 5.91 Å². The highest BCUT2D eigenvalue weighted by atomic mass is 32.1. The molecule has 7 nitrogen and oxygen atoms in total. The van der Waals surface area contributed by atoms with Gasteiger partial charge in [0, 0.05) is 24.4 Å². The Morgan fingerprint density at radius 3 is 2.65 bits per heavy atom. The van der Waals surface area contributed by atoms with Gasteiger partial charge in [-0.3, -0.25) is 25.2 Å². The molecule has 2 aromatic heterocycles.